The standard InChI is InChI=1S/C6H6F3N3O/c7-6(8,9)3-2-11-5(12-3)1-4(10)13/h2H,1H2,(H2,10,13)(H,11,12). The molecule has 3 N–H and O–H groups in total. The molecule has 7 heteroatoms. The first kappa shape index (κ1) is 9.56. The number of nitrogens with zero attached hydrogens (tertiary/aromatic N) is 1. The first-order valence-corrected chi connectivity index (χ1v) is 3.29. The molecule has 0 bridgehead atoms. The minimum atomic E-state index is -4.47. The van der Waals surface area contributed by atoms with E-state index in [2.05, 4.69) is 4.98 Å². The molecule has 0 spiro atoms. The average Bonchev–Trinajstić information content (AvgIpc) is 2.32. The number of H-pyrrole nitrogens is 1. The van der Waals surface area contributed by atoms with Crippen molar-refractivity contribution in [3.05, 3.63) is 17.7 Å². The van der Waals surface area contributed by atoms with Gasteiger partial charge in [-0.2, -0.15) is 13.2 Å². The molecule has 72 valence electrons. The van der Waals surface area contributed by atoms with Crippen LogP contribution in [0.15, 0.2) is 6.20 Å². The maximum Gasteiger partial charge on any atom is 0.432 e. The minimum Gasteiger partial charge on any atom is -0.369 e. The smallest absolute Gasteiger partial charge is 0.369 e. The van der Waals surface area contributed by atoms with Crippen LogP contribution in [0.1, 0.15) is 11.5 Å². The van der Waals surface area contributed by atoms with E-state index < -0.39 is 17.8 Å². The maximum absolute atomic E-state index is 12.0. The molecule has 0 radical (unpaired) electrons. The second kappa shape index (κ2) is 3.08. The number of hydrogen-bond donors (Lipinski definition) is 2. The van der Waals surface area contributed by atoms with E-state index >= 15 is 0 Å². The molecule has 0 unspecified atom stereocenters. The zero-order chi connectivity index (χ0) is 10.1. The zero-order valence-electron chi connectivity index (χ0n) is 6.35. The van der Waals surface area contributed by atoms with E-state index in [1.54, 1.807) is 0 Å². The average molecular weight is 193 g/mol. The molecule has 1 rings (SSSR count). The molecule has 1 heterocycles. The lowest BCUT2D eigenvalue weighted by atomic mass is 10.4. The summed E-state index contributed by atoms with van der Waals surface area (Å²) >= 11 is 0. The van der Waals surface area contributed by atoms with Crippen LogP contribution in [0.25, 0.3) is 0 Å². The number of nitrogens with one attached hydrogen (secondary N) is 1. The van der Waals surface area contributed by atoms with Gasteiger partial charge in [-0.15, -0.1) is 0 Å². The largest absolute Gasteiger partial charge is 0.432 e. The third-order valence-corrected chi connectivity index (χ3v) is 1.28. The monoisotopic (exact) mass is 193 g/mol. The first-order chi connectivity index (χ1) is 5.89. The highest BCUT2D eigenvalue weighted by Crippen LogP contribution is 2.27. The number of primary amides is 1. The molecular formula is C6H6F3N3O. The number of amides is 1. The van der Waals surface area contributed by atoms with Crippen molar-refractivity contribution in [1.29, 1.82) is 0 Å². The van der Waals surface area contributed by atoms with Gasteiger partial charge in [-0.05, 0) is 0 Å². The molecule has 1 amide bonds. The highest BCUT2D eigenvalue weighted by Gasteiger charge is 2.32. The van der Waals surface area contributed by atoms with Crippen LogP contribution in [0.4, 0.5) is 13.2 Å². The molecule has 0 aliphatic heterocycles. The van der Waals surface area contributed by atoms with Crippen LogP contribution >= 0.6 is 0 Å². The molecule has 0 fully saturated rings. The van der Waals surface area contributed by atoms with E-state index in [4.69, 9.17) is 5.73 Å². The summed E-state index contributed by atoms with van der Waals surface area (Å²) in [5.74, 6) is -0.817. The minimum absolute atomic E-state index is 0.0835. The normalized spacial score (nSPS) is 11.6. The van der Waals surface area contributed by atoms with E-state index in [1.165, 1.54) is 0 Å². The van der Waals surface area contributed by atoms with E-state index in [9.17, 15) is 18.0 Å². The van der Waals surface area contributed by atoms with Crippen molar-refractivity contribution in [2.45, 2.75) is 12.6 Å². The van der Waals surface area contributed by atoms with E-state index in [-0.39, 0.29) is 12.2 Å². The summed E-state index contributed by atoms with van der Waals surface area (Å²) in [6.45, 7) is 0. The molecule has 0 aliphatic rings. The third kappa shape index (κ3) is 2.46. The number of alkyl halides is 3. The Morgan fingerprint density at radius 3 is 2.62 bits per heavy atom. The van der Waals surface area contributed by atoms with Gasteiger partial charge in [0, 0.05) is 0 Å². The fourth-order valence-corrected chi connectivity index (χ4v) is 0.761. The highest BCUT2D eigenvalue weighted by molar-refractivity contribution is 5.75. The Morgan fingerprint density at radius 1 is 1.62 bits per heavy atom. The van der Waals surface area contributed by atoms with Crippen LogP contribution in [0.3, 0.4) is 0 Å². The van der Waals surface area contributed by atoms with E-state index in [1.807, 2.05) is 4.98 Å². The molecular weight excluding hydrogens is 187 g/mol. The Labute approximate surface area is 71.0 Å². The SMILES string of the molecule is NC(=O)Cc1ncc(C(F)(F)F)[nH]1. The topological polar surface area (TPSA) is 71.8 Å². The molecule has 1 aromatic heterocycles. The van der Waals surface area contributed by atoms with Crippen molar-refractivity contribution >= 4 is 5.91 Å². The quantitative estimate of drug-likeness (QED) is 0.715. The Morgan fingerprint density at radius 2 is 2.23 bits per heavy atom. The summed E-state index contributed by atoms with van der Waals surface area (Å²) in [5.41, 5.74) is 3.78. The van der Waals surface area contributed by atoms with Crippen molar-refractivity contribution in [2.24, 2.45) is 5.73 Å². The summed E-state index contributed by atoms with van der Waals surface area (Å²) in [6, 6.07) is 0. The predicted molar refractivity (Wildman–Crippen MR) is 36.5 cm³/mol. The van der Waals surface area contributed by atoms with E-state index in [0.717, 1.165) is 0 Å². The Balaban J connectivity index is 2.81. The number of rotatable bonds is 2. The second-order valence-corrected chi connectivity index (χ2v) is 2.38. The van der Waals surface area contributed by atoms with Crippen LogP contribution in [-0.4, -0.2) is 15.9 Å². The van der Waals surface area contributed by atoms with Crippen molar-refractivity contribution in [2.75, 3.05) is 0 Å². The Bertz CT molecular complexity index is 317. The number of halogens is 3. The van der Waals surface area contributed by atoms with Gasteiger partial charge in [0.15, 0.2) is 0 Å². The van der Waals surface area contributed by atoms with Gasteiger partial charge < -0.3 is 10.7 Å². The number of hydrogen-bond acceptors (Lipinski definition) is 2. The first-order valence-electron chi connectivity index (χ1n) is 3.29. The molecule has 0 saturated carbocycles. The van der Waals surface area contributed by atoms with Gasteiger partial charge in [-0.1, -0.05) is 0 Å². The molecule has 0 aromatic carbocycles. The summed E-state index contributed by atoms with van der Waals surface area (Å²) in [4.78, 5) is 15.6. The Kier molecular flexibility index (Phi) is 2.26. The van der Waals surface area contributed by atoms with Gasteiger partial charge in [0.05, 0.1) is 12.6 Å². The lowest BCUT2D eigenvalue weighted by Crippen LogP contribution is -2.15. The number of imidazole rings is 1. The number of aromatic nitrogens is 2. The number of carbonyl (C=O) groups is 1. The summed E-state index contributed by atoms with van der Waals surface area (Å²) < 4.78 is 35.9. The fourth-order valence-electron chi connectivity index (χ4n) is 0.761. The summed E-state index contributed by atoms with van der Waals surface area (Å²) in [7, 11) is 0. The van der Waals surface area contributed by atoms with Crippen LogP contribution < -0.4 is 5.73 Å². The Hall–Kier alpha value is -1.53. The predicted octanol–water partition coefficient (Wildman–Crippen LogP) is 0.456. The molecule has 4 nitrogen and oxygen atoms in total. The molecule has 0 aliphatic carbocycles. The fraction of sp³-hybridized carbons (Fsp3) is 0.333. The molecule has 0 saturated heterocycles. The number of nitrogens with two attached hydrogens (primary N) is 1. The summed E-state index contributed by atoms with van der Waals surface area (Å²) in [6.07, 6.45) is -4.17. The van der Waals surface area contributed by atoms with Gasteiger partial charge >= 0.3 is 6.18 Å². The molecule has 13 heavy (non-hydrogen) atoms. The third-order valence-electron chi connectivity index (χ3n) is 1.28. The highest BCUT2D eigenvalue weighted by atomic mass is 19.4. The lowest BCUT2D eigenvalue weighted by molar-refractivity contribution is -0.141. The van der Waals surface area contributed by atoms with Crippen molar-refractivity contribution in [3.8, 4) is 0 Å². The maximum atomic E-state index is 12.0. The van der Waals surface area contributed by atoms with Gasteiger partial charge in [-0.25, -0.2) is 4.98 Å². The number of aromatic amines is 1. The van der Waals surface area contributed by atoms with E-state index in [0.29, 0.717) is 6.20 Å². The van der Waals surface area contributed by atoms with Crippen molar-refractivity contribution < 1.29 is 18.0 Å². The van der Waals surface area contributed by atoms with Crippen molar-refractivity contribution in [1.82, 2.24) is 9.97 Å². The van der Waals surface area contributed by atoms with Crippen LogP contribution in [-0.2, 0) is 17.4 Å². The van der Waals surface area contributed by atoms with Crippen molar-refractivity contribution in [3.63, 3.8) is 0 Å². The van der Waals surface area contributed by atoms with Crippen LogP contribution in [0.5, 0.6) is 0 Å². The lowest BCUT2D eigenvalue weighted by Gasteiger charge is -2.00. The zero-order valence-corrected chi connectivity index (χ0v) is 6.35. The second-order valence-electron chi connectivity index (χ2n) is 2.38. The van der Waals surface area contributed by atoms with Crippen LogP contribution in [0.2, 0.25) is 0 Å². The van der Waals surface area contributed by atoms with Gasteiger partial charge in [0.1, 0.15) is 11.5 Å². The molecule has 1 aromatic rings. The number of carbonyl (C=O) groups excluding carboxylic acids is 1. The van der Waals surface area contributed by atoms with Gasteiger partial charge in [-0.3, -0.25) is 4.79 Å². The van der Waals surface area contributed by atoms with Gasteiger partial charge in [0.2, 0.25) is 5.91 Å². The van der Waals surface area contributed by atoms with Crippen LogP contribution in [0, 0.1) is 0 Å². The summed E-state index contributed by atoms with van der Waals surface area (Å²) in [5, 5.41) is 0. The van der Waals surface area contributed by atoms with Gasteiger partial charge in [0.25, 0.3) is 0 Å². The molecule has 0 atom stereocenters.